The van der Waals surface area contributed by atoms with Crippen LogP contribution in [0.1, 0.15) is 61.1 Å². The summed E-state index contributed by atoms with van der Waals surface area (Å²) in [5.74, 6) is 0. The second kappa shape index (κ2) is 24.2. The predicted octanol–water partition coefficient (Wildman–Crippen LogP) is 27.8. The fourth-order valence-corrected chi connectivity index (χ4v) is 20.7. The molecule has 7 nitrogen and oxygen atoms in total. The number of benzene rings is 14. The van der Waals surface area contributed by atoms with Gasteiger partial charge in [0.05, 0.1) is 11.0 Å². The number of thiophene rings is 2. The lowest BCUT2D eigenvalue weighted by Gasteiger charge is -2.22. The molecule has 10 heteroatoms. The fourth-order valence-electron chi connectivity index (χ4n) is 18.1. The second-order valence-corrected chi connectivity index (χ2v) is 32.6. The highest BCUT2D eigenvalue weighted by Gasteiger charge is 2.38. The molecule has 0 amide bonds. The van der Waals surface area contributed by atoms with E-state index >= 15 is 0 Å². The maximum Gasteiger partial charge on any atom is 0.180 e. The summed E-state index contributed by atoms with van der Waals surface area (Å²) < 4.78 is 20.4. The van der Waals surface area contributed by atoms with E-state index < -0.39 is 0 Å². The smallest absolute Gasteiger partial charge is 0.180 e. The van der Waals surface area contributed by atoms with Gasteiger partial charge in [-0.1, -0.05) is 246 Å². The molecule has 7 heterocycles. The summed E-state index contributed by atoms with van der Waals surface area (Å²) in [5, 5.41) is 10.2. The molecular weight excluding hydrogens is 1390 g/mol. The first kappa shape index (κ1) is 63.6. The van der Waals surface area contributed by atoms with Crippen LogP contribution in [0.4, 0.5) is 0 Å². The maximum absolute atomic E-state index is 6.63. The average molecular weight is 1460 g/mol. The number of halogens is 1. The van der Waals surface area contributed by atoms with Gasteiger partial charge in [0, 0.05) is 94.6 Å². The molecule has 3 aliphatic carbocycles. The Balaban J connectivity index is 0.000000113. The number of hydrogen-bond donors (Lipinski definition) is 0. The third-order valence-electron chi connectivity index (χ3n) is 23.3. The van der Waals surface area contributed by atoms with Gasteiger partial charge in [0.25, 0.3) is 0 Å². The summed E-state index contributed by atoms with van der Waals surface area (Å²) in [6.45, 7) is 9.40. The van der Waals surface area contributed by atoms with E-state index in [0.717, 1.165) is 78.7 Å². The summed E-state index contributed by atoms with van der Waals surface area (Å²) in [4.78, 5) is 18.7. The van der Waals surface area contributed by atoms with Gasteiger partial charge in [0.1, 0.15) is 46.2 Å². The zero-order chi connectivity index (χ0) is 72.5. The SMILES string of the molecule is CC1(C)c2ccccc2-c2cc3c(cc21)Cc1ccccc1-3.CC1(C)c2ccccc2-c2cc3c4ccccc4n(-c4ccc5oc6c(-c7cccc(-c8cccc9c8sc8ccccc89)c7)ncnc6c5c4)c3cc21.Clc1ccc2oc3c(-c4cccc(-c5cccc6c5sc5ccccc56)c4)ncnc3c2c1. The standard InChI is InChI=1S/C49H31N3OS.C28H15ClN2OS.C22H18/c1-49(2)39-18-6-3-13-32(39)36-25-37-33-14-4-7-19-41(33)52(42(37)26-40(36)49)30-21-22-43-38(24-30)46-47(53-43)45(50-27-51-46)29-12-9-11-28(23-29)31-16-10-17-35-34-15-5-8-20-44(34)54-48(31)35;29-18-11-12-23-22(14-18)26-27(32-23)25(30-15-31-26)17-6-3-5-16(13-17)19-8-4-9-21-20-7-1-2-10-24(20)33-28(19)21;1-22(2)20-10-6-5-9-17(20)19-13-18-15(12-21(19)22)11-14-7-3-4-8-16(14)18/h3-27H,1-2H3;1-15H;3-10,12-13H,11H2,1-2H3. The molecule has 0 radical (unpaired) electrons. The number of hydrogen-bond acceptors (Lipinski definition) is 8. The lowest BCUT2D eigenvalue weighted by Crippen LogP contribution is -2.15. The number of fused-ring (bicyclic) bond motifs is 24. The summed E-state index contributed by atoms with van der Waals surface area (Å²) in [6, 6.07) is 105. The van der Waals surface area contributed by atoms with Gasteiger partial charge in [-0.05, 0) is 180 Å². The van der Waals surface area contributed by atoms with Crippen LogP contribution in [-0.2, 0) is 17.3 Å². The van der Waals surface area contributed by atoms with Gasteiger partial charge in [0.2, 0.25) is 0 Å². The Morgan fingerprint density at radius 1 is 0.330 bits per heavy atom. The van der Waals surface area contributed by atoms with Crippen molar-refractivity contribution in [2.75, 3.05) is 0 Å². The monoisotopic (exact) mass is 1450 g/mol. The first-order valence-corrected chi connectivity index (χ1v) is 39.0. The molecule has 0 N–H and O–H groups in total. The van der Waals surface area contributed by atoms with Crippen LogP contribution >= 0.6 is 34.3 Å². The highest BCUT2D eigenvalue weighted by atomic mass is 35.5. The Morgan fingerprint density at radius 2 is 0.817 bits per heavy atom. The van der Waals surface area contributed by atoms with Gasteiger partial charge in [-0.2, -0.15) is 0 Å². The zero-order valence-corrected chi connectivity index (χ0v) is 62.2. The average Bonchev–Trinajstić information content (AvgIpc) is 1.56. The molecule has 0 saturated heterocycles. The highest BCUT2D eigenvalue weighted by molar-refractivity contribution is 7.26. The van der Waals surface area contributed by atoms with E-state index in [9.17, 15) is 0 Å². The minimum Gasteiger partial charge on any atom is -0.452 e. The molecule has 0 aliphatic heterocycles. The van der Waals surface area contributed by atoms with Crippen LogP contribution in [0.3, 0.4) is 0 Å². The third kappa shape index (κ3) is 9.79. The molecule has 7 aromatic heterocycles. The van der Waals surface area contributed by atoms with Crippen molar-refractivity contribution in [1.82, 2.24) is 24.5 Å². The van der Waals surface area contributed by atoms with Crippen molar-refractivity contribution >= 4 is 141 Å². The summed E-state index contributed by atoms with van der Waals surface area (Å²) in [5.41, 5.74) is 33.2. The quantitative estimate of drug-likeness (QED) is 0.171. The molecule has 0 saturated carbocycles. The third-order valence-corrected chi connectivity index (χ3v) is 26.0. The van der Waals surface area contributed by atoms with Gasteiger partial charge >= 0.3 is 0 Å². The van der Waals surface area contributed by atoms with Crippen LogP contribution in [0.25, 0.3) is 190 Å². The molecule has 516 valence electrons. The van der Waals surface area contributed by atoms with Gasteiger partial charge in [0.15, 0.2) is 11.2 Å². The first-order valence-electron chi connectivity index (χ1n) is 37.0. The van der Waals surface area contributed by atoms with Crippen LogP contribution in [0.15, 0.2) is 313 Å². The number of rotatable bonds is 5. The first-order chi connectivity index (χ1) is 53.4. The number of aromatic nitrogens is 5. The van der Waals surface area contributed by atoms with Crippen molar-refractivity contribution in [3.63, 3.8) is 0 Å². The van der Waals surface area contributed by atoms with Crippen molar-refractivity contribution in [2.45, 2.75) is 44.9 Å². The molecule has 0 bridgehead atoms. The Kier molecular flexibility index (Phi) is 14.1. The van der Waals surface area contributed by atoms with E-state index in [1.807, 2.05) is 40.9 Å². The van der Waals surface area contributed by atoms with E-state index in [1.165, 1.54) is 140 Å². The molecular formula is C99H64ClN5O2S2. The Labute approximate surface area is 640 Å². The van der Waals surface area contributed by atoms with E-state index in [0.29, 0.717) is 16.2 Å². The van der Waals surface area contributed by atoms with Crippen molar-refractivity contribution in [3.05, 3.63) is 342 Å². The Bertz CT molecular complexity index is 7450. The van der Waals surface area contributed by atoms with Gasteiger partial charge in [-0.3, -0.25) is 0 Å². The Hall–Kier alpha value is -12.6. The second-order valence-electron chi connectivity index (χ2n) is 30.0. The normalized spacial score (nSPS) is 13.5. The van der Waals surface area contributed by atoms with Crippen LogP contribution < -0.4 is 0 Å². The minimum atomic E-state index is -0.0961. The molecule has 109 heavy (non-hydrogen) atoms. The predicted molar refractivity (Wildman–Crippen MR) is 455 cm³/mol. The van der Waals surface area contributed by atoms with E-state index in [1.54, 1.807) is 12.7 Å². The van der Waals surface area contributed by atoms with Gasteiger partial charge < -0.3 is 13.4 Å². The van der Waals surface area contributed by atoms with Gasteiger partial charge in [-0.15, -0.1) is 22.7 Å². The maximum atomic E-state index is 6.63. The van der Waals surface area contributed by atoms with E-state index in [-0.39, 0.29) is 10.8 Å². The summed E-state index contributed by atoms with van der Waals surface area (Å²) in [7, 11) is 0. The number of para-hydroxylation sites is 1. The molecule has 0 spiro atoms. The van der Waals surface area contributed by atoms with E-state index in [2.05, 4.69) is 315 Å². The van der Waals surface area contributed by atoms with Gasteiger partial charge in [-0.25, -0.2) is 19.9 Å². The van der Waals surface area contributed by atoms with Crippen LogP contribution in [0.5, 0.6) is 0 Å². The lowest BCUT2D eigenvalue weighted by molar-refractivity contribution is 0.659. The molecule has 0 unspecified atom stereocenters. The van der Waals surface area contributed by atoms with Crippen molar-refractivity contribution < 1.29 is 8.83 Å². The number of furan rings is 2. The van der Waals surface area contributed by atoms with Crippen molar-refractivity contribution in [3.8, 4) is 83.8 Å². The molecule has 0 fully saturated rings. The van der Waals surface area contributed by atoms with Crippen LogP contribution in [0.2, 0.25) is 5.02 Å². The van der Waals surface area contributed by atoms with E-state index in [4.69, 9.17) is 30.4 Å². The fraction of sp³-hybridized carbons (Fsp3) is 0.0707. The Morgan fingerprint density at radius 3 is 1.44 bits per heavy atom. The lowest BCUT2D eigenvalue weighted by atomic mass is 9.81. The van der Waals surface area contributed by atoms with Crippen LogP contribution in [-0.4, -0.2) is 24.5 Å². The summed E-state index contributed by atoms with van der Waals surface area (Å²) >= 11 is 9.90. The minimum absolute atomic E-state index is 0.0961. The molecule has 3 aliphatic rings. The topological polar surface area (TPSA) is 82.8 Å². The zero-order valence-electron chi connectivity index (χ0n) is 59.8. The van der Waals surface area contributed by atoms with Crippen LogP contribution in [0, 0.1) is 0 Å². The molecule has 14 aromatic carbocycles. The molecule has 24 rings (SSSR count). The molecule has 21 aromatic rings. The molecule has 0 atom stereocenters. The largest absolute Gasteiger partial charge is 0.452 e. The highest BCUT2D eigenvalue weighted by Crippen LogP contribution is 2.54. The van der Waals surface area contributed by atoms with Crippen molar-refractivity contribution in [2.24, 2.45) is 0 Å². The number of nitrogens with zero attached hydrogens (tertiary/aromatic N) is 5. The summed E-state index contributed by atoms with van der Waals surface area (Å²) in [6.07, 6.45) is 4.33. The van der Waals surface area contributed by atoms with Crippen molar-refractivity contribution in [1.29, 1.82) is 0 Å².